The highest BCUT2D eigenvalue weighted by Gasteiger charge is 2.15. The Hall–Kier alpha value is -3.02. The van der Waals surface area contributed by atoms with Gasteiger partial charge in [-0.15, -0.1) is 0 Å². The molecular weight excluding hydrogens is 314 g/mol. The number of fused-ring (bicyclic) bond motifs is 1. The molecule has 1 N–H and O–H groups in total. The molecule has 2 heterocycles. The molecule has 0 aliphatic heterocycles. The van der Waals surface area contributed by atoms with E-state index in [2.05, 4.69) is 15.3 Å². The average molecular weight is 335 g/mol. The average Bonchev–Trinajstić information content (AvgIpc) is 2.60. The molecular formula is C19H21N5O. The third-order valence-electron chi connectivity index (χ3n) is 3.71. The number of carbonyl (C=O) groups excluding carboxylic acids is 1. The fourth-order valence-electron chi connectivity index (χ4n) is 2.64. The second-order valence-corrected chi connectivity index (χ2v) is 6.20. The SMILES string of the molecule is CC(C)NC(=O)CN(C)c1nc(-c2ccncc2)nc2ccccc12. The minimum atomic E-state index is -0.0364. The number of nitrogens with zero attached hydrogens (tertiary/aromatic N) is 4. The van der Waals surface area contributed by atoms with E-state index in [1.54, 1.807) is 12.4 Å². The molecule has 6 heteroatoms. The van der Waals surface area contributed by atoms with E-state index in [1.807, 2.05) is 62.2 Å². The number of anilines is 1. The van der Waals surface area contributed by atoms with Crippen LogP contribution in [-0.4, -0.2) is 40.5 Å². The highest BCUT2D eigenvalue weighted by Crippen LogP contribution is 2.26. The molecule has 1 aromatic carbocycles. The molecule has 0 unspecified atom stereocenters. The Morgan fingerprint density at radius 3 is 2.56 bits per heavy atom. The number of likely N-dealkylation sites (N-methyl/N-ethyl adjacent to an activating group) is 1. The molecule has 3 rings (SSSR count). The van der Waals surface area contributed by atoms with Gasteiger partial charge in [-0.1, -0.05) is 12.1 Å². The number of aromatic nitrogens is 3. The van der Waals surface area contributed by atoms with Crippen molar-refractivity contribution < 1.29 is 4.79 Å². The number of hydrogen-bond acceptors (Lipinski definition) is 5. The van der Waals surface area contributed by atoms with Crippen molar-refractivity contribution in [1.82, 2.24) is 20.3 Å². The predicted octanol–water partition coefficient (Wildman–Crippen LogP) is 2.65. The van der Waals surface area contributed by atoms with Crippen molar-refractivity contribution in [2.24, 2.45) is 0 Å². The van der Waals surface area contributed by atoms with Crippen LogP contribution in [0.3, 0.4) is 0 Å². The second kappa shape index (κ2) is 7.25. The maximum atomic E-state index is 12.1. The molecule has 0 spiro atoms. The summed E-state index contributed by atoms with van der Waals surface area (Å²) in [4.78, 5) is 27.4. The second-order valence-electron chi connectivity index (χ2n) is 6.20. The number of pyridine rings is 1. The van der Waals surface area contributed by atoms with Gasteiger partial charge in [0.05, 0.1) is 12.1 Å². The standard InChI is InChI=1S/C19H21N5O/c1-13(2)21-17(25)12-24(3)19-15-6-4-5-7-16(15)22-18(23-19)14-8-10-20-11-9-14/h4-11,13H,12H2,1-3H3,(H,21,25). The quantitative estimate of drug-likeness (QED) is 0.776. The van der Waals surface area contributed by atoms with Gasteiger partial charge in [0.25, 0.3) is 0 Å². The zero-order valence-electron chi connectivity index (χ0n) is 14.6. The fraction of sp³-hybridized carbons (Fsp3) is 0.263. The van der Waals surface area contributed by atoms with Gasteiger partial charge in [0.15, 0.2) is 5.82 Å². The number of para-hydroxylation sites is 1. The molecule has 0 saturated carbocycles. The Bertz CT molecular complexity index is 879. The first-order chi connectivity index (χ1) is 12.0. The van der Waals surface area contributed by atoms with Crippen LogP contribution in [0.15, 0.2) is 48.8 Å². The smallest absolute Gasteiger partial charge is 0.239 e. The van der Waals surface area contributed by atoms with Crippen molar-refractivity contribution in [1.29, 1.82) is 0 Å². The van der Waals surface area contributed by atoms with Gasteiger partial charge in [-0.25, -0.2) is 9.97 Å². The topological polar surface area (TPSA) is 71.0 Å². The lowest BCUT2D eigenvalue weighted by Crippen LogP contribution is -2.39. The summed E-state index contributed by atoms with van der Waals surface area (Å²) in [6.07, 6.45) is 3.43. The lowest BCUT2D eigenvalue weighted by molar-refractivity contribution is -0.120. The van der Waals surface area contributed by atoms with E-state index in [4.69, 9.17) is 4.98 Å². The number of carbonyl (C=O) groups is 1. The zero-order valence-corrected chi connectivity index (χ0v) is 14.6. The van der Waals surface area contributed by atoms with E-state index in [-0.39, 0.29) is 18.5 Å². The van der Waals surface area contributed by atoms with E-state index in [1.165, 1.54) is 0 Å². The highest BCUT2D eigenvalue weighted by molar-refractivity contribution is 5.92. The van der Waals surface area contributed by atoms with Crippen molar-refractivity contribution in [2.45, 2.75) is 19.9 Å². The molecule has 0 atom stereocenters. The fourth-order valence-corrected chi connectivity index (χ4v) is 2.64. The summed E-state index contributed by atoms with van der Waals surface area (Å²) < 4.78 is 0. The monoisotopic (exact) mass is 335 g/mol. The van der Waals surface area contributed by atoms with Crippen LogP contribution in [0.25, 0.3) is 22.3 Å². The van der Waals surface area contributed by atoms with Gasteiger partial charge < -0.3 is 10.2 Å². The summed E-state index contributed by atoms with van der Waals surface area (Å²) >= 11 is 0. The molecule has 0 aliphatic rings. The zero-order chi connectivity index (χ0) is 17.8. The number of amides is 1. The third-order valence-corrected chi connectivity index (χ3v) is 3.71. The van der Waals surface area contributed by atoms with Gasteiger partial charge in [0.2, 0.25) is 5.91 Å². The minimum Gasteiger partial charge on any atom is -0.352 e. The van der Waals surface area contributed by atoms with Crippen LogP contribution in [0, 0.1) is 0 Å². The van der Waals surface area contributed by atoms with E-state index in [9.17, 15) is 4.79 Å². The minimum absolute atomic E-state index is 0.0364. The summed E-state index contributed by atoms with van der Waals surface area (Å²) in [6, 6.07) is 11.7. The molecule has 0 saturated heterocycles. The molecule has 25 heavy (non-hydrogen) atoms. The van der Waals surface area contributed by atoms with Gasteiger partial charge in [-0.05, 0) is 38.1 Å². The molecule has 3 aromatic rings. The summed E-state index contributed by atoms with van der Waals surface area (Å²) in [7, 11) is 1.87. The van der Waals surface area contributed by atoms with Crippen molar-refractivity contribution in [2.75, 3.05) is 18.5 Å². The number of hydrogen-bond donors (Lipinski definition) is 1. The lowest BCUT2D eigenvalue weighted by Gasteiger charge is -2.21. The number of nitrogens with one attached hydrogen (secondary N) is 1. The van der Waals surface area contributed by atoms with Gasteiger partial charge in [0, 0.05) is 36.4 Å². The molecule has 0 fully saturated rings. The molecule has 128 valence electrons. The van der Waals surface area contributed by atoms with Crippen LogP contribution in [0.2, 0.25) is 0 Å². The summed E-state index contributed by atoms with van der Waals surface area (Å²) in [6.45, 7) is 4.12. The Kier molecular flexibility index (Phi) is 4.88. The normalized spacial score (nSPS) is 10.9. The number of rotatable bonds is 5. The first kappa shape index (κ1) is 16.8. The van der Waals surface area contributed by atoms with Crippen LogP contribution in [-0.2, 0) is 4.79 Å². The van der Waals surface area contributed by atoms with E-state index in [0.29, 0.717) is 5.82 Å². The molecule has 0 bridgehead atoms. The van der Waals surface area contributed by atoms with Crippen LogP contribution >= 0.6 is 0 Å². The van der Waals surface area contributed by atoms with Crippen molar-refractivity contribution in [3.63, 3.8) is 0 Å². The predicted molar refractivity (Wildman–Crippen MR) is 99.3 cm³/mol. The number of benzene rings is 1. The molecule has 6 nitrogen and oxygen atoms in total. The molecule has 0 radical (unpaired) electrons. The lowest BCUT2D eigenvalue weighted by atomic mass is 10.2. The maximum Gasteiger partial charge on any atom is 0.239 e. The van der Waals surface area contributed by atoms with Crippen LogP contribution in [0.1, 0.15) is 13.8 Å². The van der Waals surface area contributed by atoms with Crippen molar-refractivity contribution in [3.8, 4) is 11.4 Å². The van der Waals surface area contributed by atoms with E-state index >= 15 is 0 Å². The van der Waals surface area contributed by atoms with Crippen molar-refractivity contribution in [3.05, 3.63) is 48.8 Å². The Morgan fingerprint density at radius 2 is 1.84 bits per heavy atom. The maximum absolute atomic E-state index is 12.1. The Balaban J connectivity index is 2.02. The molecule has 2 aromatic heterocycles. The largest absolute Gasteiger partial charge is 0.352 e. The summed E-state index contributed by atoms with van der Waals surface area (Å²) in [5.74, 6) is 1.31. The first-order valence-electron chi connectivity index (χ1n) is 8.22. The van der Waals surface area contributed by atoms with Crippen LogP contribution in [0.4, 0.5) is 5.82 Å². The molecule has 1 amide bonds. The van der Waals surface area contributed by atoms with Gasteiger partial charge >= 0.3 is 0 Å². The Labute approximate surface area is 146 Å². The van der Waals surface area contributed by atoms with Gasteiger partial charge in [-0.3, -0.25) is 9.78 Å². The highest BCUT2D eigenvalue weighted by atomic mass is 16.2. The van der Waals surface area contributed by atoms with Crippen LogP contribution in [0.5, 0.6) is 0 Å². The van der Waals surface area contributed by atoms with Gasteiger partial charge in [0.1, 0.15) is 5.82 Å². The Morgan fingerprint density at radius 1 is 1.12 bits per heavy atom. The van der Waals surface area contributed by atoms with Crippen molar-refractivity contribution >= 4 is 22.6 Å². The van der Waals surface area contributed by atoms with E-state index in [0.717, 1.165) is 22.3 Å². The third kappa shape index (κ3) is 3.91. The summed E-state index contributed by atoms with van der Waals surface area (Å²) in [5, 5.41) is 3.82. The van der Waals surface area contributed by atoms with E-state index < -0.39 is 0 Å². The first-order valence-corrected chi connectivity index (χ1v) is 8.22. The van der Waals surface area contributed by atoms with Crippen LogP contribution < -0.4 is 10.2 Å². The molecule has 0 aliphatic carbocycles. The summed E-state index contributed by atoms with van der Waals surface area (Å²) in [5.41, 5.74) is 1.73. The van der Waals surface area contributed by atoms with Gasteiger partial charge in [-0.2, -0.15) is 0 Å².